The second-order valence-corrected chi connectivity index (χ2v) is 7.35. The molecule has 1 aliphatic carbocycles. The number of nitrogens with one attached hydrogen (secondary N) is 1. The summed E-state index contributed by atoms with van der Waals surface area (Å²) in [4.78, 5) is 9.50. The van der Waals surface area contributed by atoms with Crippen molar-refractivity contribution in [3.8, 4) is 0 Å². The molecule has 1 aromatic rings. The zero-order chi connectivity index (χ0) is 18.2. The van der Waals surface area contributed by atoms with E-state index in [9.17, 15) is 5.11 Å². The fourth-order valence-corrected chi connectivity index (χ4v) is 3.44. The van der Waals surface area contributed by atoms with E-state index in [0.717, 1.165) is 64.5 Å². The largest absolute Gasteiger partial charge is 0.388 e. The first-order chi connectivity index (χ1) is 12.7. The van der Waals surface area contributed by atoms with Gasteiger partial charge in [-0.3, -0.25) is 9.89 Å². The van der Waals surface area contributed by atoms with Crippen LogP contribution in [-0.2, 0) is 0 Å². The maximum Gasteiger partial charge on any atom is 0.194 e. The van der Waals surface area contributed by atoms with Crippen LogP contribution in [0.5, 0.6) is 0 Å². The van der Waals surface area contributed by atoms with Gasteiger partial charge in [-0.1, -0.05) is 42.5 Å². The van der Waals surface area contributed by atoms with Crippen LogP contribution in [0.4, 0.5) is 0 Å². The highest BCUT2D eigenvalue weighted by Crippen LogP contribution is 2.31. The SMILES string of the molecule is CCNC(=NCC1(O)CCC1)N1CCN(C/C=C/c2ccccc2)CC1.I. The number of aliphatic hydroxyl groups is 1. The lowest BCUT2D eigenvalue weighted by Crippen LogP contribution is -2.53. The minimum Gasteiger partial charge on any atom is -0.388 e. The van der Waals surface area contributed by atoms with Gasteiger partial charge < -0.3 is 15.3 Å². The van der Waals surface area contributed by atoms with Crippen LogP contribution in [0.2, 0.25) is 0 Å². The molecule has 3 rings (SSSR count). The van der Waals surface area contributed by atoms with Gasteiger partial charge >= 0.3 is 0 Å². The molecule has 6 heteroatoms. The van der Waals surface area contributed by atoms with Crippen molar-refractivity contribution in [2.24, 2.45) is 4.99 Å². The molecule has 1 saturated carbocycles. The summed E-state index contributed by atoms with van der Waals surface area (Å²) >= 11 is 0. The van der Waals surface area contributed by atoms with Crippen LogP contribution in [0.25, 0.3) is 6.08 Å². The Morgan fingerprint density at radius 3 is 2.48 bits per heavy atom. The normalized spacial score (nSPS) is 20.2. The van der Waals surface area contributed by atoms with E-state index in [1.54, 1.807) is 0 Å². The van der Waals surface area contributed by atoms with Crippen LogP contribution < -0.4 is 5.32 Å². The number of halogens is 1. The van der Waals surface area contributed by atoms with Gasteiger partial charge in [0, 0.05) is 39.3 Å². The van der Waals surface area contributed by atoms with Gasteiger partial charge in [-0.2, -0.15) is 0 Å². The third-order valence-corrected chi connectivity index (χ3v) is 5.29. The summed E-state index contributed by atoms with van der Waals surface area (Å²) in [6.07, 6.45) is 7.33. The zero-order valence-electron chi connectivity index (χ0n) is 16.3. The van der Waals surface area contributed by atoms with E-state index in [2.05, 4.69) is 58.5 Å². The summed E-state index contributed by atoms with van der Waals surface area (Å²) in [5.74, 6) is 0.951. The standard InChI is InChI=1S/C21H32N4O.HI/c1-2-22-20(23-18-21(26)11-7-12-21)25-16-14-24(15-17-25)13-6-10-19-8-4-3-5-9-19;/h3-6,8-10,26H,2,7,11-18H2,1H3,(H,22,23);1H/b10-6+;. The summed E-state index contributed by atoms with van der Waals surface area (Å²) in [6.45, 7) is 8.48. The maximum atomic E-state index is 10.3. The summed E-state index contributed by atoms with van der Waals surface area (Å²) in [5.41, 5.74) is 0.701. The van der Waals surface area contributed by atoms with Crippen molar-refractivity contribution in [2.75, 3.05) is 45.8 Å². The van der Waals surface area contributed by atoms with E-state index in [-0.39, 0.29) is 24.0 Å². The molecule has 5 nitrogen and oxygen atoms in total. The molecule has 0 amide bonds. The second kappa shape index (κ2) is 11.0. The number of hydrogen-bond donors (Lipinski definition) is 2. The Kier molecular flexibility index (Phi) is 9.05. The first-order valence-electron chi connectivity index (χ1n) is 9.88. The molecule has 1 heterocycles. The quantitative estimate of drug-likeness (QED) is 0.371. The molecule has 0 aromatic heterocycles. The van der Waals surface area contributed by atoms with Gasteiger partial charge in [-0.25, -0.2) is 0 Å². The predicted octanol–water partition coefficient (Wildman–Crippen LogP) is 2.82. The van der Waals surface area contributed by atoms with E-state index in [4.69, 9.17) is 4.99 Å². The van der Waals surface area contributed by atoms with E-state index >= 15 is 0 Å². The molecule has 0 spiro atoms. The monoisotopic (exact) mass is 484 g/mol. The molecule has 0 atom stereocenters. The topological polar surface area (TPSA) is 51.1 Å². The fraction of sp³-hybridized carbons (Fsp3) is 0.571. The van der Waals surface area contributed by atoms with Crippen molar-refractivity contribution in [1.82, 2.24) is 15.1 Å². The molecular formula is C21H33IN4O. The molecule has 2 fully saturated rings. The highest BCUT2D eigenvalue weighted by Gasteiger charge is 2.34. The highest BCUT2D eigenvalue weighted by molar-refractivity contribution is 14.0. The van der Waals surface area contributed by atoms with E-state index in [0.29, 0.717) is 6.54 Å². The minimum absolute atomic E-state index is 0. The van der Waals surface area contributed by atoms with Crippen molar-refractivity contribution in [3.63, 3.8) is 0 Å². The molecule has 2 N–H and O–H groups in total. The number of piperazine rings is 1. The number of rotatable bonds is 6. The summed E-state index contributed by atoms with van der Waals surface area (Å²) in [6, 6.07) is 10.4. The van der Waals surface area contributed by atoms with Gasteiger partial charge in [0.25, 0.3) is 0 Å². The molecule has 0 radical (unpaired) electrons. The number of nitrogens with zero attached hydrogens (tertiary/aromatic N) is 3. The third-order valence-electron chi connectivity index (χ3n) is 5.29. The summed E-state index contributed by atoms with van der Waals surface area (Å²) in [5, 5.41) is 13.7. The molecule has 1 saturated heterocycles. The van der Waals surface area contributed by atoms with Crippen molar-refractivity contribution >= 4 is 36.0 Å². The van der Waals surface area contributed by atoms with Crippen LogP contribution in [0.15, 0.2) is 41.4 Å². The Labute approximate surface area is 180 Å². The molecule has 0 unspecified atom stereocenters. The van der Waals surface area contributed by atoms with Crippen molar-refractivity contribution in [1.29, 1.82) is 0 Å². The van der Waals surface area contributed by atoms with Gasteiger partial charge in [-0.05, 0) is 31.7 Å². The lowest BCUT2D eigenvalue weighted by atomic mass is 9.80. The Balaban J connectivity index is 0.00000261. The average Bonchev–Trinajstić information content (AvgIpc) is 2.65. The molecule has 2 aliphatic rings. The highest BCUT2D eigenvalue weighted by atomic mass is 127. The molecule has 1 aromatic carbocycles. The Bertz CT molecular complexity index is 608. The first-order valence-corrected chi connectivity index (χ1v) is 9.88. The van der Waals surface area contributed by atoms with Crippen LogP contribution in [0.3, 0.4) is 0 Å². The van der Waals surface area contributed by atoms with Gasteiger partial charge in [0.2, 0.25) is 0 Å². The van der Waals surface area contributed by atoms with E-state index < -0.39 is 5.60 Å². The first kappa shape index (κ1) is 22.2. The minimum atomic E-state index is -0.551. The Morgan fingerprint density at radius 1 is 1.19 bits per heavy atom. The Morgan fingerprint density at radius 2 is 1.89 bits per heavy atom. The fourth-order valence-electron chi connectivity index (χ4n) is 3.44. The summed E-state index contributed by atoms with van der Waals surface area (Å²) in [7, 11) is 0. The summed E-state index contributed by atoms with van der Waals surface area (Å²) < 4.78 is 0. The second-order valence-electron chi connectivity index (χ2n) is 7.35. The molecular weight excluding hydrogens is 451 g/mol. The average molecular weight is 484 g/mol. The molecule has 27 heavy (non-hydrogen) atoms. The number of benzene rings is 1. The van der Waals surface area contributed by atoms with Crippen LogP contribution in [0, 0.1) is 0 Å². The van der Waals surface area contributed by atoms with Crippen LogP contribution >= 0.6 is 24.0 Å². The van der Waals surface area contributed by atoms with Crippen LogP contribution in [-0.4, -0.2) is 72.3 Å². The molecule has 150 valence electrons. The third kappa shape index (κ3) is 6.76. The van der Waals surface area contributed by atoms with Crippen molar-refractivity contribution in [2.45, 2.75) is 31.8 Å². The maximum absolute atomic E-state index is 10.3. The van der Waals surface area contributed by atoms with Gasteiger partial charge in [-0.15, -0.1) is 24.0 Å². The zero-order valence-corrected chi connectivity index (χ0v) is 18.6. The van der Waals surface area contributed by atoms with Crippen LogP contribution in [0.1, 0.15) is 31.7 Å². The number of aliphatic imine (C=N–C) groups is 1. The van der Waals surface area contributed by atoms with Gasteiger partial charge in [0.1, 0.15) is 0 Å². The smallest absolute Gasteiger partial charge is 0.194 e. The van der Waals surface area contributed by atoms with E-state index in [1.807, 2.05) is 6.07 Å². The molecule has 0 bridgehead atoms. The lowest BCUT2D eigenvalue weighted by molar-refractivity contribution is -0.0238. The van der Waals surface area contributed by atoms with Crippen molar-refractivity contribution < 1.29 is 5.11 Å². The number of guanidine groups is 1. The lowest BCUT2D eigenvalue weighted by Gasteiger charge is -2.38. The molecule has 1 aliphatic heterocycles. The number of hydrogen-bond acceptors (Lipinski definition) is 3. The predicted molar refractivity (Wildman–Crippen MR) is 124 cm³/mol. The van der Waals surface area contributed by atoms with Gasteiger partial charge in [0.15, 0.2) is 5.96 Å². The van der Waals surface area contributed by atoms with Crippen molar-refractivity contribution in [3.05, 3.63) is 42.0 Å². The Hall–Kier alpha value is -1.12. The van der Waals surface area contributed by atoms with E-state index in [1.165, 1.54) is 5.56 Å². The van der Waals surface area contributed by atoms with Gasteiger partial charge in [0.05, 0.1) is 12.1 Å².